The molecule has 1 saturated carbocycles. The lowest BCUT2D eigenvalue weighted by atomic mass is 9.94. The molecule has 2 unspecified atom stereocenters. The minimum atomic E-state index is -4.17. The normalized spacial score (nSPS) is 29.3. The fourth-order valence-corrected chi connectivity index (χ4v) is 2.89. The fraction of sp³-hybridized carbons (Fsp3) is 0.750. The minimum absolute atomic E-state index is 0.191. The molecule has 3 nitrogen and oxygen atoms in total. The third-order valence-electron chi connectivity index (χ3n) is 4.11. The molecule has 1 aromatic heterocycles. The topological polar surface area (TPSA) is 29.9 Å². The average Bonchev–Trinajstić information content (AvgIpc) is 2.76. The monoisotopic (exact) mass is 261 g/mol. The summed E-state index contributed by atoms with van der Waals surface area (Å²) in [5, 5.41) is 7.01. The van der Waals surface area contributed by atoms with Gasteiger partial charge in [-0.1, -0.05) is 6.92 Å². The number of rotatable bonds is 4. The molecule has 1 fully saturated rings. The number of hydrogen-bond donors (Lipinski definition) is 1. The van der Waals surface area contributed by atoms with Gasteiger partial charge >= 0.3 is 6.18 Å². The Balaban J connectivity index is 2.31. The average molecular weight is 261 g/mol. The third-order valence-corrected chi connectivity index (χ3v) is 4.11. The minimum Gasteiger partial charge on any atom is -0.314 e. The molecule has 1 aromatic rings. The fourth-order valence-electron chi connectivity index (χ4n) is 2.89. The molecule has 2 rings (SSSR count). The highest BCUT2D eigenvalue weighted by molar-refractivity contribution is 5.12. The Hall–Kier alpha value is -1.04. The number of nitrogens with one attached hydrogen (secondary N) is 1. The molecule has 0 aromatic carbocycles. The van der Waals surface area contributed by atoms with E-state index in [9.17, 15) is 13.2 Å². The summed E-state index contributed by atoms with van der Waals surface area (Å²) in [6.07, 6.45) is -2.43. The molecule has 1 aliphatic rings. The molecule has 102 valence electrons. The van der Waals surface area contributed by atoms with E-state index in [-0.39, 0.29) is 12.3 Å². The lowest BCUT2D eigenvalue weighted by molar-refractivity contribution is -0.204. The van der Waals surface area contributed by atoms with Crippen LogP contribution in [-0.4, -0.2) is 23.0 Å². The molecule has 0 bridgehead atoms. The van der Waals surface area contributed by atoms with Gasteiger partial charge in [0.05, 0.1) is 17.2 Å². The maximum atomic E-state index is 13.2. The van der Waals surface area contributed by atoms with E-state index in [1.807, 2.05) is 0 Å². The van der Waals surface area contributed by atoms with E-state index < -0.39 is 17.6 Å². The SMILES string of the molecule is CNCc1ccnn1[C@H](C)C1(C(F)(F)F)CC1C. The van der Waals surface area contributed by atoms with Gasteiger partial charge in [0, 0.05) is 12.7 Å². The highest BCUT2D eigenvalue weighted by Gasteiger charge is 2.71. The number of nitrogens with zero attached hydrogens (tertiary/aromatic N) is 2. The second kappa shape index (κ2) is 4.26. The summed E-state index contributed by atoms with van der Waals surface area (Å²) in [4.78, 5) is 0. The van der Waals surface area contributed by atoms with Crippen LogP contribution in [0, 0.1) is 11.3 Å². The summed E-state index contributed by atoms with van der Waals surface area (Å²) < 4.78 is 41.3. The molecule has 1 aliphatic carbocycles. The zero-order valence-electron chi connectivity index (χ0n) is 10.8. The van der Waals surface area contributed by atoms with Crippen molar-refractivity contribution in [3.8, 4) is 0 Å². The van der Waals surface area contributed by atoms with Crippen LogP contribution in [0.25, 0.3) is 0 Å². The Morgan fingerprint density at radius 1 is 1.61 bits per heavy atom. The van der Waals surface area contributed by atoms with Crippen molar-refractivity contribution in [2.45, 2.75) is 39.0 Å². The molecule has 0 aliphatic heterocycles. The van der Waals surface area contributed by atoms with Crippen molar-refractivity contribution in [1.82, 2.24) is 15.1 Å². The number of alkyl halides is 3. The van der Waals surface area contributed by atoms with Gasteiger partial charge < -0.3 is 5.32 Å². The van der Waals surface area contributed by atoms with Gasteiger partial charge in [0.15, 0.2) is 0 Å². The van der Waals surface area contributed by atoms with Gasteiger partial charge in [0.1, 0.15) is 0 Å². The van der Waals surface area contributed by atoms with Gasteiger partial charge in [-0.25, -0.2) is 0 Å². The van der Waals surface area contributed by atoms with Crippen molar-refractivity contribution in [2.75, 3.05) is 7.05 Å². The second-order valence-electron chi connectivity index (χ2n) is 5.12. The molecule has 1 heterocycles. The zero-order chi connectivity index (χ0) is 13.6. The van der Waals surface area contributed by atoms with Gasteiger partial charge in [0.25, 0.3) is 0 Å². The van der Waals surface area contributed by atoms with Crippen LogP contribution in [0.3, 0.4) is 0 Å². The van der Waals surface area contributed by atoms with Gasteiger partial charge in [-0.2, -0.15) is 18.3 Å². The van der Waals surface area contributed by atoms with E-state index in [2.05, 4.69) is 10.4 Å². The first-order valence-electron chi connectivity index (χ1n) is 6.08. The highest BCUT2D eigenvalue weighted by Crippen LogP contribution is 2.67. The van der Waals surface area contributed by atoms with Crippen LogP contribution in [0.1, 0.15) is 32.0 Å². The van der Waals surface area contributed by atoms with Crippen molar-refractivity contribution < 1.29 is 13.2 Å². The quantitative estimate of drug-likeness (QED) is 0.903. The van der Waals surface area contributed by atoms with Crippen molar-refractivity contribution in [3.05, 3.63) is 18.0 Å². The van der Waals surface area contributed by atoms with Crippen LogP contribution in [-0.2, 0) is 6.54 Å². The van der Waals surface area contributed by atoms with E-state index in [0.717, 1.165) is 5.69 Å². The lowest BCUT2D eigenvalue weighted by Crippen LogP contribution is -2.35. The molecular formula is C12H18F3N3. The van der Waals surface area contributed by atoms with Gasteiger partial charge in [0.2, 0.25) is 0 Å². The number of aromatic nitrogens is 2. The summed E-state index contributed by atoms with van der Waals surface area (Å²) in [5.74, 6) is -0.334. The summed E-state index contributed by atoms with van der Waals surface area (Å²) in [6, 6.07) is 1.09. The van der Waals surface area contributed by atoms with E-state index in [4.69, 9.17) is 0 Å². The predicted molar refractivity (Wildman–Crippen MR) is 62.0 cm³/mol. The smallest absolute Gasteiger partial charge is 0.314 e. The van der Waals surface area contributed by atoms with Crippen LogP contribution in [0.2, 0.25) is 0 Å². The van der Waals surface area contributed by atoms with E-state index >= 15 is 0 Å². The lowest BCUT2D eigenvalue weighted by Gasteiger charge is -2.28. The first-order valence-corrected chi connectivity index (χ1v) is 6.08. The Morgan fingerprint density at radius 3 is 2.67 bits per heavy atom. The Bertz CT molecular complexity index is 426. The standard InChI is InChI=1S/C12H18F3N3/c1-8-6-11(8,12(13,14)15)9(2)18-10(7-16-3)4-5-17-18/h4-5,8-9,16H,6-7H2,1-3H3/t8?,9-,11?/m1/s1. The molecule has 1 N–H and O–H groups in total. The van der Waals surface area contributed by atoms with Gasteiger partial charge in [-0.3, -0.25) is 4.68 Å². The largest absolute Gasteiger partial charge is 0.396 e. The van der Waals surface area contributed by atoms with E-state index in [1.165, 1.54) is 4.68 Å². The Labute approximate surface area is 104 Å². The molecule has 0 spiro atoms. The summed E-state index contributed by atoms with van der Waals surface area (Å²) in [7, 11) is 1.77. The van der Waals surface area contributed by atoms with Crippen LogP contribution in [0.5, 0.6) is 0 Å². The Morgan fingerprint density at radius 2 is 2.22 bits per heavy atom. The molecule has 3 atom stereocenters. The van der Waals surface area contributed by atoms with Crippen LogP contribution in [0.15, 0.2) is 12.3 Å². The second-order valence-corrected chi connectivity index (χ2v) is 5.12. The van der Waals surface area contributed by atoms with E-state index in [0.29, 0.717) is 6.54 Å². The van der Waals surface area contributed by atoms with Crippen molar-refractivity contribution in [3.63, 3.8) is 0 Å². The van der Waals surface area contributed by atoms with Crippen LogP contribution < -0.4 is 5.32 Å². The van der Waals surface area contributed by atoms with Crippen molar-refractivity contribution in [2.24, 2.45) is 11.3 Å². The maximum absolute atomic E-state index is 13.2. The Kier molecular flexibility index (Phi) is 3.17. The maximum Gasteiger partial charge on any atom is 0.396 e. The molecule has 0 saturated heterocycles. The van der Waals surface area contributed by atoms with Crippen molar-refractivity contribution in [1.29, 1.82) is 0 Å². The molecule has 18 heavy (non-hydrogen) atoms. The summed E-state index contributed by atoms with van der Waals surface area (Å²) in [5.41, 5.74) is -0.825. The summed E-state index contributed by atoms with van der Waals surface area (Å²) >= 11 is 0. The highest BCUT2D eigenvalue weighted by atomic mass is 19.4. The first kappa shape index (κ1) is 13.4. The molecule has 6 heteroatoms. The number of hydrogen-bond acceptors (Lipinski definition) is 2. The van der Waals surface area contributed by atoms with Crippen LogP contribution >= 0.6 is 0 Å². The van der Waals surface area contributed by atoms with E-state index in [1.54, 1.807) is 33.2 Å². The number of halogens is 3. The first-order chi connectivity index (χ1) is 8.34. The van der Waals surface area contributed by atoms with Gasteiger partial charge in [-0.05, 0) is 32.4 Å². The summed E-state index contributed by atoms with van der Waals surface area (Å²) in [6.45, 7) is 3.79. The predicted octanol–water partition coefficient (Wildman–Crippen LogP) is 2.75. The van der Waals surface area contributed by atoms with Crippen LogP contribution in [0.4, 0.5) is 13.2 Å². The van der Waals surface area contributed by atoms with Gasteiger partial charge in [-0.15, -0.1) is 0 Å². The molecule has 0 radical (unpaired) electrons. The molecular weight excluding hydrogens is 243 g/mol. The van der Waals surface area contributed by atoms with Crippen molar-refractivity contribution >= 4 is 0 Å². The third kappa shape index (κ3) is 1.83. The molecule has 0 amide bonds. The zero-order valence-corrected chi connectivity index (χ0v) is 10.8.